The number of rotatable bonds is 2. The third kappa shape index (κ3) is 2.65. The minimum Gasteiger partial charge on any atom is -0.507 e. The number of benzene rings is 1. The first-order valence-corrected chi connectivity index (χ1v) is 4.37. The summed E-state index contributed by atoms with van der Waals surface area (Å²) < 4.78 is 13.5. The molecule has 0 saturated heterocycles. The second-order valence-electron chi connectivity index (χ2n) is 2.71. The molecule has 0 radical (unpaired) electrons. The van der Waals surface area contributed by atoms with Gasteiger partial charge < -0.3 is 10.3 Å². The van der Waals surface area contributed by atoms with Crippen molar-refractivity contribution >= 4 is 15.9 Å². The van der Waals surface area contributed by atoms with Crippen molar-refractivity contribution in [2.24, 2.45) is 0 Å². The highest BCUT2D eigenvalue weighted by Crippen LogP contribution is 2.27. The van der Waals surface area contributed by atoms with E-state index in [0.717, 1.165) is 11.1 Å². The lowest BCUT2D eigenvalue weighted by molar-refractivity contribution is -0.0738. The summed E-state index contributed by atoms with van der Waals surface area (Å²) in [5.74, 6) is -0.691. The molecule has 0 aliphatic carbocycles. The first kappa shape index (κ1) is 10.4. The third-order valence-electron chi connectivity index (χ3n) is 1.52. The lowest BCUT2D eigenvalue weighted by Crippen LogP contribution is -2.12. The fourth-order valence-corrected chi connectivity index (χ4v) is 1.34. The lowest BCUT2D eigenvalue weighted by Gasteiger charge is -2.09. The van der Waals surface area contributed by atoms with E-state index < -0.39 is 5.82 Å². The second-order valence-corrected chi connectivity index (χ2v) is 3.57. The number of aromatic hydroxyl groups is 1. The first-order valence-electron chi connectivity index (χ1n) is 3.57. The van der Waals surface area contributed by atoms with Crippen LogP contribution in [0.15, 0.2) is 16.6 Å². The standard InChI is InChI=1S/C8H9BrFNO2/c1-11(13)4-5-2-6(9)8(12)3-7(5)10/h2-3,12-13H,4H2,1H3. The normalized spacial score (nSPS) is 10.8. The zero-order chi connectivity index (χ0) is 10.0. The summed E-state index contributed by atoms with van der Waals surface area (Å²) in [6.45, 7) is 0.0741. The number of hydrogen-bond acceptors (Lipinski definition) is 3. The smallest absolute Gasteiger partial charge is 0.132 e. The van der Waals surface area contributed by atoms with Gasteiger partial charge in [-0.15, -0.1) is 0 Å². The predicted octanol–water partition coefficient (Wildman–Crippen LogP) is 2.11. The van der Waals surface area contributed by atoms with Gasteiger partial charge in [0, 0.05) is 18.7 Å². The Morgan fingerprint density at radius 2 is 2.15 bits per heavy atom. The summed E-state index contributed by atoms with van der Waals surface area (Å²) >= 11 is 3.05. The molecule has 13 heavy (non-hydrogen) atoms. The summed E-state index contributed by atoms with van der Waals surface area (Å²) in [4.78, 5) is 0. The molecule has 0 unspecified atom stereocenters. The van der Waals surface area contributed by atoms with Crippen LogP contribution < -0.4 is 0 Å². The van der Waals surface area contributed by atoms with Crippen LogP contribution in [0.25, 0.3) is 0 Å². The van der Waals surface area contributed by atoms with Gasteiger partial charge in [-0.2, -0.15) is 5.06 Å². The largest absolute Gasteiger partial charge is 0.507 e. The second kappa shape index (κ2) is 4.04. The van der Waals surface area contributed by atoms with E-state index in [9.17, 15) is 4.39 Å². The zero-order valence-electron chi connectivity index (χ0n) is 6.96. The molecule has 0 fully saturated rings. The fraction of sp³-hybridized carbons (Fsp3) is 0.250. The van der Waals surface area contributed by atoms with Crippen molar-refractivity contribution in [2.75, 3.05) is 7.05 Å². The van der Waals surface area contributed by atoms with Crippen LogP contribution in [0.5, 0.6) is 5.75 Å². The van der Waals surface area contributed by atoms with Gasteiger partial charge in [0.05, 0.1) is 11.0 Å². The lowest BCUT2D eigenvalue weighted by atomic mass is 10.2. The van der Waals surface area contributed by atoms with Crippen molar-refractivity contribution in [3.63, 3.8) is 0 Å². The van der Waals surface area contributed by atoms with E-state index in [-0.39, 0.29) is 12.3 Å². The summed E-state index contributed by atoms with van der Waals surface area (Å²) in [6.07, 6.45) is 0. The Kier molecular flexibility index (Phi) is 3.24. The Balaban J connectivity index is 3.01. The van der Waals surface area contributed by atoms with Crippen molar-refractivity contribution in [1.29, 1.82) is 0 Å². The first-order chi connectivity index (χ1) is 6.00. The molecular weight excluding hydrogens is 241 g/mol. The van der Waals surface area contributed by atoms with E-state index in [1.807, 2.05) is 0 Å². The molecule has 1 aromatic carbocycles. The van der Waals surface area contributed by atoms with Crippen LogP contribution in [0.2, 0.25) is 0 Å². The highest BCUT2D eigenvalue weighted by molar-refractivity contribution is 9.10. The summed E-state index contributed by atoms with van der Waals surface area (Å²) in [5, 5.41) is 18.8. The van der Waals surface area contributed by atoms with Gasteiger partial charge in [0.15, 0.2) is 0 Å². The Morgan fingerprint density at radius 1 is 1.54 bits per heavy atom. The van der Waals surface area contributed by atoms with Gasteiger partial charge in [-0.1, -0.05) is 0 Å². The van der Waals surface area contributed by atoms with E-state index in [1.165, 1.54) is 13.1 Å². The highest BCUT2D eigenvalue weighted by Gasteiger charge is 2.08. The third-order valence-corrected chi connectivity index (χ3v) is 2.15. The molecule has 0 atom stereocenters. The molecule has 0 aliphatic heterocycles. The molecule has 0 spiro atoms. The van der Waals surface area contributed by atoms with Crippen molar-refractivity contribution < 1.29 is 14.7 Å². The molecule has 72 valence electrons. The van der Waals surface area contributed by atoms with E-state index in [0.29, 0.717) is 10.0 Å². The monoisotopic (exact) mass is 249 g/mol. The Labute approximate surface area is 83.5 Å². The predicted molar refractivity (Wildman–Crippen MR) is 49.0 cm³/mol. The Morgan fingerprint density at radius 3 is 2.69 bits per heavy atom. The number of phenolic OH excluding ortho intramolecular Hbond substituents is 1. The van der Waals surface area contributed by atoms with Crippen molar-refractivity contribution in [3.05, 3.63) is 28.0 Å². The summed E-state index contributed by atoms with van der Waals surface area (Å²) in [7, 11) is 1.42. The SMILES string of the molecule is CN(O)Cc1cc(Br)c(O)cc1F. The van der Waals surface area contributed by atoms with E-state index in [4.69, 9.17) is 10.3 Å². The molecule has 3 nitrogen and oxygen atoms in total. The Bertz CT molecular complexity index is 317. The number of phenols is 1. The molecule has 1 rings (SSSR count). The van der Waals surface area contributed by atoms with Gasteiger partial charge in [0.25, 0.3) is 0 Å². The molecule has 0 amide bonds. The average Bonchev–Trinajstić information content (AvgIpc) is 1.99. The molecule has 0 bridgehead atoms. The van der Waals surface area contributed by atoms with Crippen molar-refractivity contribution in [3.8, 4) is 5.75 Å². The number of hydroxylamine groups is 2. The number of nitrogens with zero attached hydrogens (tertiary/aromatic N) is 1. The van der Waals surface area contributed by atoms with Gasteiger partial charge in [-0.3, -0.25) is 0 Å². The van der Waals surface area contributed by atoms with Gasteiger partial charge in [0.2, 0.25) is 0 Å². The number of hydrogen-bond donors (Lipinski definition) is 2. The molecular formula is C8H9BrFNO2. The van der Waals surface area contributed by atoms with E-state index >= 15 is 0 Å². The molecule has 0 saturated carbocycles. The van der Waals surface area contributed by atoms with Crippen LogP contribution in [0.1, 0.15) is 5.56 Å². The van der Waals surface area contributed by atoms with Crippen LogP contribution in [0.3, 0.4) is 0 Å². The van der Waals surface area contributed by atoms with Crippen LogP contribution in [-0.4, -0.2) is 22.4 Å². The van der Waals surface area contributed by atoms with Crippen LogP contribution in [0.4, 0.5) is 4.39 Å². The highest BCUT2D eigenvalue weighted by atomic mass is 79.9. The maximum Gasteiger partial charge on any atom is 0.132 e. The molecule has 5 heteroatoms. The van der Waals surface area contributed by atoms with E-state index in [1.54, 1.807) is 0 Å². The molecule has 0 heterocycles. The van der Waals surface area contributed by atoms with Crippen LogP contribution in [0, 0.1) is 5.82 Å². The van der Waals surface area contributed by atoms with E-state index in [2.05, 4.69) is 15.9 Å². The average molecular weight is 250 g/mol. The minimum atomic E-state index is -0.540. The summed E-state index contributed by atoms with van der Waals surface area (Å²) in [6, 6.07) is 2.43. The maximum absolute atomic E-state index is 13.1. The van der Waals surface area contributed by atoms with Gasteiger partial charge in [0.1, 0.15) is 11.6 Å². The maximum atomic E-state index is 13.1. The quantitative estimate of drug-likeness (QED) is 0.790. The van der Waals surface area contributed by atoms with Gasteiger partial charge in [-0.05, 0) is 22.0 Å². The molecule has 0 aliphatic rings. The van der Waals surface area contributed by atoms with Gasteiger partial charge >= 0.3 is 0 Å². The molecule has 0 aromatic heterocycles. The molecule has 2 N–H and O–H groups in total. The van der Waals surface area contributed by atoms with Crippen molar-refractivity contribution in [2.45, 2.75) is 6.54 Å². The zero-order valence-corrected chi connectivity index (χ0v) is 8.55. The number of halogens is 2. The summed E-state index contributed by atoms with van der Waals surface area (Å²) in [5.41, 5.74) is 0.315. The van der Waals surface area contributed by atoms with Crippen molar-refractivity contribution in [1.82, 2.24) is 5.06 Å². The fourth-order valence-electron chi connectivity index (χ4n) is 0.945. The Hall–Kier alpha value is -0.650. The topological polar surface area (TPSA) is 43.7 Å². The van der Waals surface area contributed by atoms with Crippen LogP contribution >= 0.6 is 15.9 Å². The van der Waals surface area contributed by atoms with Crippen LogP contribution in [-0.2, 0) is 6.54 Å². The van der Waals surface area contributed by atoms with Gasteiger partial charge in [-0.25, -0.2) is 4.39 Å². The molecule has 1 aromatic rings. The minimum absolute atomic E-state index is 0.0741.